The Labute approximate surface area is 119 Å². The van der Waals surface area contributed by atoms with Gasteiger partial charge in [-0.3, -0.25) is 4.79 Å². The van der Waals surface area contributed by atoms with Crippen LogP contribution in [0, 0.1) is 0 Å². The van der Waals surface area contributed by atoms with Gasteiger partial charge in [0.05, 0.1) is 6.61 Å². The third kappa shape index (κ3) is 5.23. The molecule has 0 heterocycles. The van der Waals surface area contributed by atoms with Crippen molar-refractivity contribution in [2.24, 2.45) is 5.14 Å². The molecule has 0 saturated carbocycles. The SMILES string of the molecule is CCOc1ccc(C(=O)NCC(F)(F)F)cc1S(N)(=O)=O. The van der Waals surface area contributed by atoms with Crippen LogP contribution in [0.2, 0.25) is 0 Å². The van der Waals surface area contributed by atoms with Gasteiger partial charge in [0.1, 0.15) is 17.2 Å². The standard InChI is InChI=1S/C11H13F3N2O4S/c1-2-20-8-4-3-7(5-9(8)21(15,18)19)10(17)16-6-11(12,13)14/h3-5H,2,6H2,1H3,(H,16,17)(H2,15,18,19). The maximum atomic E-state index is 12.0. The lowest BCUT2D eigenvalue weighted by atomic mass is 10.2. The van der Waals surface area contributed by atoms with Crippen molar-refractivity contribution in [3.8, 4) is 5.75 Å². The number of alkyl halides is 3. The first-order valence-electron chi connectivity index (χ1n) is 5.69. The summed E-state index contributed by atoms with van der Waals surface area (Å²) in [6.45, 7) is 0.239. The van der Waals surface area contributed by atoms with E-state index < -0.39 is 33.5 Å². The van der Waals surface area contributed by atoms with Gasteiger partial charge >= 0.3 is 6.18 Å². The van der Waals surface area contributed by atoms with Gasteiger partial charge in [-0.15, -0.1) is 0 Å². The molecule has 118 valence electrons. The van der Waals surface area contributed by atoms with Crippen LogP contribution in [0.15, 0.2) is 23.1 Å². The summed E-state index contributed by atoms with van der Waals surface area (Å²) in [7, 11) is -4.18. The van der Waals surface area contributed by atoms with Crippen LogP contribution in [0.5, 0.6) is 5.75 Å². The molecule has 0 bridgehead atoms. The predicted molar refractivity (Wildman–Crippen MR) is 67.4 cm³/mol. The van der Waals surface area contributed by atoms with E-state index in [9.17, 15) is 26.4 Å². The monoisotopic (exact) mass is 326 g/mol. The number of hydrogen-bond donors (Lipinski definition) is 2. The van der Waals surface area contributed by atoms with E-state index in [0.717, 1.165) is 18.2 Å². The summed E-state index contributed by atoms with van der Waals surface area (Å²) in [6, 6.07) is 3.17. The van der Waals surface area contributed by atoms with Crippen LogP contribution in [-0.2, 0) is 10.0 Å². The van der Waals surface area contributed by atoms with Crippen LogP contribution in [0.25, 0.3) is 0 Å². The van der Waals surface area contributed by atoms with Gasteiger partial charge in [0.2, 0.25) is 10.0 Å². The molecule has 0 aliphatic rings. The number of nitrogens with one attached hydrogen (secondary N) is 1. The second-order valence-corrected chi connectivity index (χ2v) is 5.47. The van der Waals surface area contributed by atoms with Crippen LogP contribution in [-0.4, -0.2) is 33.7 Å². The highest BCUT2D eigenvalue weighted by atomic mass is 32.2. The minimum absolute atomic E-state index is 0.0765. The van der Waals surface area contributed by atoms with E-state index in [0.29, 0.717) is 0 Å². The third-order valence-electron chi connectivity index (χ3n) is 2.26. The first-order chi connectivity index (χ1) is 9.54. The van der Waals surface area contributed by atoms with Crippen molar-refractivity contribution in [1.82, 2.24) is 5.32 Å². The van der Waals surface area contributed by atoms with Crippen molar-refractivity contribution in [2.45, 2.75) is 18.0 Å². The van der Waals surface area contributed by atoms with Crippen LogP contribution in [0.4, 0.5) is 13.2 Å². The van der Waals surface area contributed by atoms with E-state index in [1.54, 1.807) is 12.2 Å². The molecule has 1 aromatic rings. The molecule has 0 atom stereocenters. The number of carbonyl (C=O) groups excluding carboxylic acids is 1. The molecular weight excluding hydrogens is 313 g/mol. The predicted octanol–water partition coefficient (Wildman–Crippen LogP) is 1.02. The molecule has 0 aromatic heterocycles. The van der Waals surface area contributed by atoms with Gasteiger partial charge in [-0.1, -0.05) is 0 Å². The molecule has 6 nitrogen and oxygen atoms in total. The van der Waals surface area contributed by atoms with E-state index >= 15 is 0 Å². The number of primary sulfonamides is 1. The van der Waals surface area contributed by atoms with Gasteiger partial charge in [-0.2, -0.15) is 13.2 Å². The molecule has 10 heteroatoms. The number of nitrogens with two attached hydrogens (primary N) is 1. The number of amides is 1. The van der Waals surface area contributed by atoms with Crippen molar-refractivity contribution < 1.29 is 31.1 Å². The Morgan fingerprint density at radius 2 is 2.00 bits per heavy atom. The summed E-state index contributed by atoms with van der Waals surface area (Å²) in [6.07, 6.45) is -4.57. The Morgan fingerprint density at radius 1 is 1.38 bits per heavy atom. The van der Waals surface area contributed by atoms with Crippen molar-refractivity contribution in [3.05, 3.63) is 23.8 Å². The lowest BCUT2D eigenvalue weighted by molar-refractivity contribution is -0.123. The second kappa shape index (κ2) is 6.31. The summed E-state index contributed by atoms with van der Waals surface area (Å²) in [5.74, 6) is -1.15. The summed E-state index contributed by atoms with van der Waals surface area (Å²) >= 11 is 0. The maximum absolute atomic E-state index is 12.0. The average molecular weight is 326 g/mol. The van der Waals surface area contributed by atoms with Crippen molar-refractivity contribution in [2.75, 3.05) is 13.2 Å². The van der Waals surface area contributed by atoms with Gasteiger partial charge in [0.25, 0.3) is 5.91 Å². The zero-order chi connectivity index (χ0) is 16.3. The smallest absolute Gasteiger partial charge is 0.405 e. The molecule has 0 unspecified atom stereocenters. The van der Waals surface area contributed by atoms with Gasteiger partial charge in [0, 0.05) is 5.56 Å². The first-order valence-corrected chi connectivity index (χ1v) is 7.24. The molecule has 0 aliphatic carbocycles. The number of rotatable bonds is 5. The fraction of sp³-hybridized carbons (Fsp3) is 0.364. The number of benzene rings is 1. The highest BCUT2D eigenvalue weighted by Gasteiger charge is 2.28. The van der Waals surface area contributed by atoms with Crippen molar-refractivity contribution >= 4 is 15.9 Å². The van der Waals surface area contributed by atoms with E-state index in [2.05, 4.69) is 0 Å². The lowest BCUT2D eigenvalue weighted by Crippen LogP contribution is -2.33. The minimum atomic E-state index is -4.57. The zero-order valence-electron chi connectivity index (χ0n) is 10.9. The number of ether oxygens (including phenoxy) is 1. The lowest BCUT2D eigenvalue weighted by Gasteiger charge is -2.11. The van der Waals surface area contributed by atoms with Crippen LogP contribution < -0.4 is 15.2 Å². The first kappa shape index (κ1) is 17.2. The number of carbonyl (C=O) groups is 1. The fourth-order valence-electron chi connectivity index (χ4n) is 1.43. The Morgan fingerprint density at radius 3 is 2.48 bits per heavy atom. The number of sulfonamides is 1. The topological polar surface area (TPSA) is 98.5 Å². The normalized spacial score (nSPS) is 12.0. The molecule has 0 saturated heterocycles. The number of hydrogen-bond acceptors (Lipinski definition) is 4. The summed E-state index contributed by atoms with van der Waals surface area (Å²) in [5.41, 5.74) is -0.272. The summed E-state index contributed by atoms with van der Waals surface area (Å²) in [4.78, 5) is 11.1. The quantitative estimate of drug-likeness (QED) is 0.844. The molecule has 1 amide bonds. The van der Waals surface area contributed by atoms with Gasteiger partial charge < -0.3 is 10.1 Å². The molecule has 0 fully saturated rings. The molecule has 21 heavy (non-hydrogen) atoms. The fourth-order valence-corrected chi connectivity index (χ4v) is 2.13. The van der Waals surface area contributed by atoms with Crippen molar-refractivity contribution in [3.63, 3.8) is 0 Å². The highest BCUT2D eigenvalue weighted by Crippen LogP contribution is 2.24. The second-order valence-electron chi connectivity index (χ2n) is 3.94. The van der Waals surface area contributed by atoms with Crippen LogP contribution >= 0.6 is 0 Å². The maximum Gasteiger partial charge on any atom is 0.405 e. The molecule has 0 aliphatic heterocycles. The molecular formula is C11H13F3N2O4S. The minimum Gasteiger partial charge on any atom is -0.492 e. The molecule has 3 N–H and O–H groups in total. The average Bonchev–Trinajstić information content (AvgIpc) is 2.34. The number of halogens is 3. The van der Waals surface area contributed by atoms with Crippen LogP contribution in [0.3, 0.4) is 0 Å². The third-order valence-corrected chi connectivity index (χ3v) is 3.19. The van der Waals surface area contributed by atoms with Crippen LogP contribution in [0.1, 0.15) is 17.3 Å². The Bertz CT molecular complexity index is 629. The van der Waals surface area contributed by atoms with Gasteiger partial charge in [-0.25, -0.2) is 13.6 Å². The van der Waals surface area contributed by atoms with Gasteiger partial charge in [-0.05, 0) is 25.1 Å². The summed E-state index contributed by atoms with van der Waals surface area (Å²) in [5, 5.41) is 6.61. The Kier molecular flexibility index (Phi) is 5.18. The molecule has 1 aromatic carbocycles. The molecule has 0 spiro atoms. The summed E-state index contributed by atoms with van der Waals surface area (Å²) < 4.78 is 63.9. The van der Waals surface area contributed by atoms with Crippen molar-refractivity contribution in [1.29, 1.82) is 0 Å². The zero-order valence-corrected chi connectivity index (χ0v) is 11.7. The Hall–Kier alpha value is -1.81. The molecule has 1 rings (SSSR count). The Balaban J connectivity index is 3.08. The van der Waals surface area contributed by atoms with E-state index in [4.69, 9.17) is 9.88 Å². The van der Waals surface area contributed by atoms with Gasteiger partial charge in [0.15, 0.2) is 0 Å². The van der Waals surface area contributed by atoms with E-state index in [1.807, 2.05) is 0 Å². The van der Waals surface area contributed by atoms with E-state index in [1.165, 1.54) is 0 Å². The largest absolute Gasteiger partial charge is 0.492 e. The van der Waals surface area contributed by atoms with E-state index in [-0.39, 0.29) is 17.9 Å². The molecule has 0 radical (unpaired) electrons. The highest BCUT2D eigenvalue weighted by molar-refractivity contribution is 7.89.